The maximum atomic E-state index is 6.35. The highest BCUT2D eigenvalue weighted by molar-refractivity contribution is 4.90. The van der Waals surface area contributed by atoms with E-state index in [1.807, 2.05) is 0 Å². The maximum absolute atomic E-state index is 6.35. The molecule has 1 aliphatic heterocycles. The Labute approximate surface area is 93.0 Å². The van der Waals surface area contributed by atoms with E-state index in [1.165, 1.54) is 32.1 Å². The van der Waals surface area contributed by atoms with Crippen LogP contribution in [0.3, 0.4) is 0 Å². The van der Waals surface area contributed by atoms with E-state index < -0.39 is 0 Å². The highest BCUT2D eigenvalue weighted by Gasteiger charge is 2.29. The molecule has 1 aliphatic carbocycles. The summed E-state index contributed by atoms with van der Waals surface area (Å²) in [5, 5.41) is 0. The Hall–Kier alpha value is -0.120. The van der Waals surface area contributed by atoms with Crippen LogP contribution in [0.1, 0.15) is 39.0 Å². The van der Waals surface area contributed by atoms with Crippen molar-refractivity contribution < 1.29 is 4.74 Å². The van der Waals surface area contributed by atoms with E-state index in [2.05, 4.69) is 11.8 Å². The predicted molar refractivity (Wildman–Crippen MR) is 61.9 cm³/mol. The van der Waals surface area contributed by atoms with Crippen molar-refractivity contribution in [1.82, 2.24) is 4.90 Å². The minimum atomic E-state index is 0.154. The number of rotatable bonds is 3. The molecular formula is C12H24N2O. The highest BCUT2D eigenvalue weighted by atomic mass is 16.5. The molecule has 0 aromatic heterocycles. The lowest BCUT2D eigenvalue weighted by molar-refractivity contribution is -0.0201. The van der Waals surface area contributed by atoms with Crippen LogP contribution in [0.4, 0.5) is 0 Å². The fourth-order valence-electron chi connectivity index (χ4n) is 2.80. The van der Waals surface area contributed by atoms with Gasteiger partial charge in [-0.25, -0.2) is 0 Å². The molecule has 2 fully saturated rings. The van der Waals surface area contributed by atoms with Crippen molar-refractivity contribution in [3.63, 3.8) is 0 Å². The van der Waals surface area contributed by atoms with Crippen LogP contribution >= 0.6 is 0 Å². The summed E-state index contributed by atoms with van der Waals surface area (Å²) in [6.07, 6.45) is 6.68. The molecule has 2 aliphatic rings. The zero-order valence-electron chi connectivity index (χ0n) is 9.87. The van der Waals surface area contributed by atoms with Crippen LogP contribution in [0.25, 0.3) is 0 Å². The van der Waals surface area contributed by atoms with E-state index in [9.17, 15) is 0 Å². The van der Waals surface area contributed by atoms with Gasteiger partial charge in [-0.3, -0.25) is 4.90 Å². The molecule has 0 aromatic rings. The summed E-state index contributed by atoms with van der Waals surface area (Å²) in [5.74, 6) is 0. The van der Waals surface area contributed by atoms with E-state index >= 15 is 0 Å². The first-order valence-corrected chi connectivity index (χ1v) is 6.31. The molecule has 0 spiro atoms. The summed E-state index contributed by atoms with van der Waals surface area (Å²) < 4.78 is 5.53. The Morgan fingerprint density at radius 1 is 1.40 bits per heavy atom. The molecule has 1 unspecified atom stereocenters. The molecule has 0 aromatic carbocycles. The number of hydrogen-bond acceptors (Lipinski definition) is 3. The first-order chi connectivity index (χ1) is 7.18. The minimum Gasteiger partial charge on any atom is -0.376 e. The second kappa shape index (κ2) is 4.81. The number of nitrogens with two attached hydrogens (primary N) is 1. The zero-order chi connectivity index (χ0) is 10.7. The molecule has 0 bridgehead atoms. The summed E-state index contributed by atoms with van der Waals surface area (Å²) in [5.41, 5.74) is 6.51. The van der Waals surface area contributed by atoms with Crippen LogP contribution in [0.5, 0.6) is 0 Å². The van der Waals surface area contributed by atoms with Gasteiger partial charge < -0.3 is 10.5 Å². The van der Waals surface area contributed by atoms with Crippen LogP contribution in [-0.2, 0) is 4.74 Å². The van der Waals surface area contributed by atoms with Crippen LogP contribution in [0, 0.1) is 0 Å². The maximum Gasteiger partial charge on any atom is 0.0674 e. The van der Waals surface area contributed by atoms with Gasteiger partial charge in [0.05, 0.1) is 12.7 Å². The highest BCUT2D eigenvalue weighted by Crippen LogP contribution is 2.30. The Morgan fingerprint density at radius 3 is 2.80 bits per heavy atom. The van der Waals surface area contributed by atoms with Crippen LogP contribution in [-0.4, -0.2) is 42.8 Å². The third kappa shape index (κ3) is 3.16. The SMILES string of the molecule is CC1CN(CCC2(N)CCCC2)CCO1. The third-order valence-electron chi connectivity index (χ3n) is 3.85. The van der Waals surface area contributed by atoms with Crippen molar-refractivity contribution in [2.75, 3.05) is 26.2 Å². The second-order valence-corrected chi connectivity index (χ2v) is 5.30. The van der Waals surface area contributed by atoms with Gasteiger partial charge in [0.25, 0.3) is 0 Å². The van der Waals surface area contributed by atoms with E-state index in [0.29, 0.717) is 6.10 Å². The largest absolute Gasteiger partial charge is 0.376 e. The number of morpholine rings is 1. The van der Waals surface area contributed by atoms with Crippen molar-refractivity contribution in [2.45, 2.75) is 50.7 Å². The Bertz CT molecular complexity index is 202. The lowest BCUT2D eigenvalue weighted by atomic mass is 9.94. The van der Waals surface area contributed by atoms with Crippen molar-refractivity contribution >= 4 is 0 Å². The number of nitrogens with zero attached hydrogens (tertiary/aromatic N) is 1. The van der Waals surface area contributed by atoms with Gasteiger partial charge >= 0.3 is 0 Å². The summed E-state index contributed by atoms with van der Waals surface area (Å²) in [6, 6.07) is 0. The topological polar surface area (TPSA) is 38.5 Å². The molecule has 3 nitrogen and oxygen atoms in total. The lowest BCUT2D eigenvalue weighted by Crippen LogP contribution is -2.45. The molecule has 2 N–H and O–H groups in total. The van der Waals surface area contributed by atoms with Crippen LogP contribution in [0.2, 0.25) is 0 Å². The second-order valence-electron chi connectivity index (χ2n) is 5.30. The lowest BCUT2D eigenvalue weighted by Gasteiger charge is -2.33. The van der Waals surface area contributed by atoms with Gasteiger partial charge in [-0.1, -0.05) is 12.8 Å². The molecule has 1 saturated carbocycles. The quantitative estimate of drug-likeness (QED) is 0.768. The van der Waals surface area contributed by atoms with E-state index in [-0.39, 0.29) is 5.54 Å². The van der Waals surface area contributed by atoms with Gasteiger partial charge in [-0.15, -0.1) is 0 Å². The number of hydrogen-bond donors (Lipinski definition) is 1. The van der Waals surface area contributed by atoms with Gasteiger partial charge in [-0.2, -0.15) is 0 Å². The van der Waals surface area contributed by atoms with Gasteiger partial charge in [0.15, 0.2) is 0 Å². The molecule has 1 heterocycles. The fourth-order valence-corrected chi connectivity index (χ4v) is 2.80. The molecule has 2 rings (SSSR count). The van der Waals surface area contributed by atoms with Gasteiger partial charge in [0, 0.05) is 25.2 Å². The van der Waals surface area contributed by atoms with Crippen molar-refractivity contribution in [1.29, 1.82) is 0 Å². The third-order valence-corrected chi connectivity index (χ3v) is 3.85. The average Bonchev–Trinajstić information content (AvgIpc) is 2.63. The standard InChI is InChI=1S/C12H24N2O/c1-11-10-14(8-9-15-11)7-6-12(13)4-2-3-5-12/h11H,2-10,13H2,1H3. The normalized spacial score (nSPS) is 32.0. The predicted octanol–water partition coefficient (Wildman–Crippen LogP) is 1.37. The van der Waals surface area contributed by atoms with E-state index in [0.717, 1.165) is 26.2 Å². The first-order valence-electron chi connectivity index (χ1n) is 6.31. The number of ether oxygens (including phenoxy) is 1. The Morgan fingerprint density at radius 2 is 2.13 bits per heavy atom. The first kappa shape index (κ1) is 11.4. The summed E-state index contributed by atoms with van der Waals surface area (Å²) in [6.45, 7) is 6.36. The van der Waals surface area contributed by atoms with Gasteiger partial charge in [0.2, 0.25) is 0 Å². The van der Waals surface area contributed by atoms with Gasteiger partial charge in [0.1, 0.15) is 0 Å². The molecule has 88 valence electrons. The molecule has 3 heteroatoms. The molecular weight excluding hydrogens is 188 g/mol. The van der Waals surface area contributed by atoms with E-state index in [4.69, 9.17) is 10.5 Å². The van der Waals surface area contributed by atoms with E-state index in [1.54, 1.807) is 0 Å². The molecule has 1 atom stereocenters. The zero-order valence-corrected chi connectivity index (χ0v) is 9.87. The Kier molecular flexibility index (Phi) is 3.65. The van der Waals surface area contributed by atoms with Crippen molar-refractivity contribution in [3.8, 4) is 0 Å². The molecule has 0 amide bonds. The summed E-state index contributed by atoms with van der Waals surface area (Å²) >= 11 is 0. The summed E-state index contributed by atoms with van der Waals surface area (Å²) in [7, 11) is 0. The molecule has 1 saturated heterocycles. The van der Waals surface area contributed by atoms with Crippen LogP contribution in [0.15, 0.2) is 0 Å². The smallest absolute Gasteiger partial charge is 0.0674 e. The molecule has 15 heavy (non-hydrogen) atoms. The minimum absolute atomic E-state index is 0.154. The summed E-state index contributed by atoms with van der Waals surface area (Å²) in [4.78, 5) is 2.50. The Balaban J connectivity index is 1.72. The average molecular weight is 212 g/mol. The van der Waals surface area contributed by atoms with Crippen LogP contribution < -0.4 is 5.73 Å². The monoisotopic (exact) mass is 212 g/mol. The fraction of sp³-hybridized carbons (Fsp3) is 1.00. The van der Waals surface area contributed by atoms with Crippen molar-refractivity contribution in [3.05, 3.63) is 0 Å². The molecule has 0 radical (unpaired) electrons. The van der Waals surface area contributed by atoms with Crippen molar-refractivity contribution in [2.24, 2.45) is 5.73 Å². The van der Waals surface area contributed by atoms with Gasteiger partial charge in [-0.05, 0) is 26.2 Å².